The third kappa shape index (κ3) is 5.41. The Morgan fingerprint density at radius 2 is 1.82 bits per heavy atom. The SMILES string of the molecule is COS(=O)(=O)[O-].C[n+]1cc(Cl)cc2ccc(C(F)(F)F)cc21. The van der Waals surface area contributed by atoms with E-state index in [1.165, 1.54) is 6.07 Å². The van der Waals surface area contributed by atoms with Gasteiger partial charge in [-0.3, -0.25) is 4.18 Å². The number of aromatic nitrogens is 1. The topological polar surface area (TPSA) is 70.3 Å². The van der Waals surface area contributed by atoms with E-state index < -0.39 is 22.1 Å². The molecule has 1 aromatic carbocycles. The van der Waals surface area contributed by atoms with Crippen molar-refractivity contribution in [2.45, 2.75) is 6.18 Å². The van der Waals surface area contributed by atoms with E-state index in [1.807, 2.05) is 0 Å². The maximum absolute atomic E-state index is 12.5. The van der Waals surface area contributed by atoms with Crippen LogP contribution in [0.1, 0.15) is 5.56 Å². The van der Waals surface area contributed by atoms with Gasteiger partial charge in [0.1, 0.15) is 12.1 Å². The van der Waals surface area contributed by atoms with Gasteiger partial charge in [-0.2, -0.15) is 17.7 Å². The number of alkyl halides is 3. The minimum atomic E-state index is -4.41. The molecule has 0 amide bonds. The summed E-state index contributed by atoms with van der Waals surface area (Å²) in [5, 5.41) is 1.18. The van der Waals surface area contributed by atoms with E-state index >= 15 is 0 Å². The molecule has 0 aliphatic carbocycles. The number of rotatable bonds is 1. The van der Waals surface area contributed by atoms with Crippen LogP contribution in [-0.4, -0.2) is 20.1 Å². The van der Waals surface area contributed by atoms with Crippen LogP contribution in [0.3, 0.4) is 0 Å². The van der Waals surface area contributed by atoms with Crippen LogP contribution in [0.5, 0.6) is 0 Å². The summed E-state index contributed by atoms with van der Waals surface area (Å²) < 4.78 is 70.1. The summed E-state index contributed by atoms with van der Waals surface area (Å²) in [6.07, 6.45) is -2.75. The fraction of sp³-hybridized carbons (Fsp3) is 0.250. The summed E-state index contributed by atoms with van der Waals surface area (Å²) in [4.78, 5) is 0. The van der Waals surface area contributed by atoms with Crippen molar-refractivity contribution in [2.75, 3.05) is 7.11 Å². The number of hydrogen-bond donors (Lipinski definition) is 0. The van der Waals surface area contributed by atoms with Crippen LogP contribution in [0, 0.1) is 0 Å². The monoisotopic (exact) mass is 357 g/mol. The summed E-state index contributed by atoms with van der Waals surface area (Å²) in [7, 11) is -1.94. The molecule has 2 rings (SSSR count). The van der Waals surface area contributed by atoms with Gasteiger partial charge in [-0.05, 0) is 18.2 Å². The zero-order valence-electron chi connectivity index (χ0n) is 11.4. The van der Waals surface area contributed by atoms with E-state index in [-0.39, 0.29) is 0 Å². The van der Waals surface area contributed by atoms with E-state index in [4.69, 9.17) is 11.6 Å². The van der Waals surface area contributed by atoms with E-state index in [2.05, 4.69) is 4.18 Å². The van der Waals surface area contributed by atoms with Crippen LogP contribution < -0.4 is 4.57 Å². The Morgan fingerprint density at radius 3 is 2.27 bits per heavy atom. The van der Waals surface area contributed by atoms with Gasteiger partial charge >= 0.3 is 6.18 Å². The molecule has 0 spiro atoms. The first-order valence-electron chi connectivity index (χ1n) is 5.61. The molecule has 0 bridgehead atoms. The normalized spacial score (nSPS) is 12.0. The summed E-state index contributed by atoms with van der Waals surface area (Å²) >= 11 is 5.81. The zero-order valence-corrected chi connectivity index (χ0v) is 13.0. The first-order valence-corrected chi connectivity index (χ1v) is 7.33. The highest BCUT2D eigenvalue weighted by atomic mass is 35.5. The third-order valence-electron chi connectivity index (χ3n) is 2.55. The molecular weight excluding hydrogens is 347 g/mol. The van der Waals surface area contributed by atoms with Crippen LogP contribution in [-0.2, 0) is 27.8 Å². The lowest BCUT2D eigenvalue weighted by Gasteiger charge is -2.06. The molecule has 0 aliphatic heterocycles. The largest absolute Gasteiger partial charge is 0.726 e. The molecule has 122 valence electrons. The summed E-state index contributed by atoms with van der Waals surface area (Å²) in [6, 6.07) is 5.23. The van der Waals surface area contributed by atoms with Gasteiger partial charge < -0.3 is 4.55 Å². The molecule has 1 heterocycles. The molecule has 5 nitrogen and oxygen atoms in total. The number of pyridine rings is 1. The Morgan fingerprint density at radius 1 is 1.27 bits per heavy atom. The van der Waals surface area contributed by atoms with Crippen LogP contribution in [0.25, 0.3) is 10.9 Å². The average Bonchev–Trinajstić information content (AvgIpc) is 2.37. The van der Waals surface area contributed by atoms with Gasteiger partial charge in [0.2, 0.25) is 15.9 Å². The van der Waals surface area contributed by atoms with Crippen molar-refractivity contribution in [3.63, 3.8) is 0 Å². The molecule has 0 unspecified atom stereocenters. The van der Waals surface area contributed by atoms with Crippen molar-refractivity contribution in [1.29, 1.82) is 0 Å². The first kappa shape index (κ1) is 18.6. The zero-order chi connectivity index (χ0) is 17.1. The predicted molar refractivity (Wildman–Crippen MR) is 71.8 cm³/mol. The second kappa shape index (κ2) is 6.78. The highest BCUT2D eigenvalue weighted by molar-refractivity contribution is 7.80. The van der Waals surface area contributed by atoms with Gasteiger partial charge in [0.25, 0.3) is 0 Å². The van der Waals surface area contributed by atoms with Crippen molar-refractivity contribution in [3.05, 3.63) is 41.0 Å². The van der Waals surface area contributed by atoms with E-state index in [1.54, 1.807) is 23.9 Å². The summed E-state index contributed by atoms with van der Waals surface area (Å²) in [5.74, 6) is 0. The van der Waals surface area contributed by atoms with Gasteiger partial charge in [-0.25, -0.2) is 8.42 Å². The second-order valence-corrected chi connectivity index (χ2v) is 5.70. The number of nitrogens with zero attached hydrogens (tertiary/aromatic N) is 1. The van der Waals surface area contributed by atoms with E-state index in [0.29, 0.717) is 15.9 Å². The molecule has 22 heavy (non-hydrogen) atoms. The lowest BCUT2D eigenvalue weighted by atomic mass is 10.1. The predicted octanol–water partition coefficient (Wildman–Crippen LogP) is 2.43. The van der Waals surface area contributed by atoms with Gasteiger partial charge in [0.15, 0.2) is 6.20 Å². The Bertz CT molecular complexity index is 778. The van der Waals surface area contributed by atoms with Gasteiger partial charge in [-0.1, -0.05) is 11.6 Å². The standard InChI is InChI=1S/C11H8ClF3N.CH4O4S/c1-16-6-9(12)4-7-2-3-8(5-10(7)16)11(13,14)15;1-5-6(2,3)4/h2-6H,1H3;1H3,(H,2,3,4)/q+1;/p-1. The Labute approximate surface area is 129 Å². The molecule has 0 saturated heterocycles. The van der Waals surface area contributed by atoms with E-state index in [9.17, 15) is 26.1 Å². The maximum Gasteiger partial charge on any atom is 0.416 e. The highest BCUT2D eigenvalue weighted by Crippen LogP contribution is 2.30. The number of fused-ring (bicyclic) bond motifs is 1. The molecule has 0 saturated carbocycles. The van der Waals surface area contributed by atoms with Crippen molar-refractivity contribution in [1.82, 2.24) is 0 Å². The number of aryl methyl sites for hydroxylation is 1. The van der Waals surface area contributed by atoms with Crippen LogP contribution in [0.15, 0.2) is 30.5 Å². The molecule has 2 aromatic rings. The van der Waals surface area contributed by atoms with Gasteiger partial charge in [0.05, 0.1) is 12.7 Å². The molecule has 0 atom stereocenters. The molecule has 10 heteroatoms. The molecule has 0 fully saturated rings. The number of halogens is 4. The average molecular weight is 358 g/mol. The van der Waals surface area contributed by atoms with Crippen molar-refractivity contribution in [3.8, 4) is 0 Å². The molecular formula is C12H11ClF3NO4S. The fourth-order valence-electron chi connectivity index (χ4n) is 1.59. The van der Waals surface area contributed by atoms with Gasteiger partial charge in [0, 0.05) is 11.5 Å². The first-order chi connectivity index (χ1) is 9.94. The number of benzene rings is 1. The lowest BCUT2D eigenvalue weighted by molar-refractivity contribution is -0.644. The smallest absolute Gasteiger partial charge is 0.416 e. The van der Waals surface area contributed by atoms with Crippen LogP contribution in [0.2, 0.25) is 5.02 Å². The fourth-order valence-corrected chi connectivity index (χ4v) is 1.85. The quantitative estimate of drug-likeness (QED) is 0.446. The minimum Gasteiger partial charge on any atom is -0.726 e. The van der Waals surface area contributed by atoms with Crippen molar-refractivity contribution >= 4 is 32.9 Å². The Balaban J connectivity index is 0.000000346. The third-order valence-corrected chi connectivity index (χ3v) is 3.17. The van der Waals surface area contributed by atoms with Crippen molar-refractivity contribution in [2.24, 2.45) is 7.05 Å². The summed E-state index contributed by atoms with van der Waals surface area (Å²) in [5.41, 5.74) is -0.155. The maximum atomic E-state index is 12.5. The summed E-state index contributed by atoms with van der Waals surface area (Å²) in [6.45, 7) is 0. The molecule has 0 aliphatic rings. The molecule has 0 radical (unpaired) electrons. The van der Waals surface area contributed by atoms with Gasteiger partial charge in [-0.15, -0.1) is 0 Å². The lowest BCUT2D eigenvalue weighted by Crippen LogP contribution is -2.28. The Kier molecular flexibility index (Phi) is 5.74. The minimum absolute atomic E-state index is 0.495. The van der Waals surface area contributed by atoms with Crippen molar-refractivity contribution < 1.29 is 34.9 Å². The number of hydrogen-bond acceptors (Lipinski definition) is 4. The van der Waals surface area contributed by atoms with E-state index in [0.717, 1.165) is 19.2 Å². The molecule has 0 N–H and O–H groups in total. The molecule has 1 aromatic heterocycles. The highest BCUT2D eigenvalue weighted by Gasteiger charge is 2.31. The van der Waals surface area contributed by atoms with Crippen LogP contribution >= 0.6 is 11.6 Å². The second-order valence-electron chi connectivity index (χ2n) is 4.12. The Hall–Kier alpha value is -1.42. The van der Waals surface area contributed by atoms with Crippen LogP contribution in [0.4, 0.5) is 13.2 Å².